The van der Waals surface area contributed by atoms with Crippen LogP contribution in [0.25, 0.3) is 0 Å². The molecule has 0 aromatic heterocycles. The molecule has 176 valence electrons. The van der Waals surface area contributed by atoms with Crippen LogP contribution in [0.2, 0.25) is 0 Å². The summed E-state index contributed by atoms with van der Waals surface area (Å²) < 4.78 is 27.6. The molecule has 0 rings (SSSR count). The van der Waals surface area contributed by atoms with E-state index in [9.17, 15) is 13.2 Å². The molecule has 0 aliphatic heterocycles. The Kier molecular flexibility index (Phi) is 20.3. The fourth-order valence-corrected chi connectivity index (χ4v) is 3.58. The minimum Gasteiger partial charge on any atom is -0.379 e. The van der Waals surface area contributed by atoms with Crippen molar-refractivity contribution in [1.82, 2.24) is 5.32 Å². The SMILES string of the molecule is C=CS(=O)(=O)CCOCCNC(=O)CCCCCCC/C=C/CCCCCCCC. The van der Waals surface area contributed by atoms with Crippen LogP contribution in [0.5, 0.6) is 0 Å². The van der Waals surface area contributed by atoms with Crippen molar-refractivity contribution >= 4 is 15.7 Å². The molecule has 0 radical (unpaired) electrons. The first-order valence-corrected chi connectivity index (χ1v) is 13.6. The molecule has 0 heterocycles. The number of sulfone groups is 1. The highest BCUT2D eigenvalue weighted by Gasteiger charge is 2.04. The maximum atomic E-state index is 11.7. The Balaban J connectivity index is 3.31. The summed E-state index contributed by atoms with van der Waals surface area (Å²) in [6, 6.07) is 0. The van der Waals surface area contributed by atoms with Crippen molar-refractivity contribution in [2.45, 2.75) is 96.8 Å². The van der Waals surface area contributed by atoms with Gasteiger partial charge in [0, 0.05) is 18.4 Å². The Morgan fingerprint density at radius 3 is 2.03 bits per heavy atom. The van der Waals surface area contributed by atoms with Gasteiger partial charge in [0.15, 0.2) is 9.84 Å². The third-order valence-electron chi connectivity index (χ3n) is 5.00. The number of ether oxygens (including phenoxy) is 1. The number of allylic oxidation sites excluding steroid dienone is 2. The van der Waals surface area contributed by atoms with Crippen molar-refractivity contribution < 1.29 is 17.9 Å². The van der Waals surface area contributed by atoms with Gasteiger partial charge in [-0.1, -0.05) is 77.0 Å². The van der Waals surface area contributed by atoms with Crippen LogP contribution in [0.1, 0.15) is 96.8 Å². The zero-order valence-corrected chi connectivity index (χ0v) is 20.0. The van der Waals surface area contributed by atoms with Crippen LogP contribution in [0.15, 0.2) is 24.1 Å². The van der Waals surface area contributed by atoms with E-state index in [1.165, 1.54) is 70.6 Å². The largest absolute Gasteiger partial charge is 0.379 e. The number of amides is 1. The quantitative estimate of drug-likeness (QED) is 0.172. The van der Waals surface area contributed by atoms with Gasteiger partial charge < -0.3 is 10.1 Å². The van der Waals surface area contributed by atoms with Gasteiger partial charge in [-0.05, 0) is 32.1 Å². The third kappa shape index (κ3) is 21.6. The summed E-state index contributed by atoms with van der Waals surface area (Å²) in [6.07, 6.45) is 21.4. The van der Waals surface area contributed by atoms with Gasteiger partial charge in [0.2, 0.25) is 5.91 Å². The zero-order valence-electron chi connectivity index (χ0n) is 19.2. The monoisotopic (exact) mass is 443 g/mol. The van der Waals surface area contributed by atoms with Crippen LogP contribution in [0.4, 0.5) is 0 Å². The van der Waals surface area contributed by atoms with Gasteiger partial charge in [-0.2, -0.15) is 0 Å². The Hall–Kier alpha value is -1.14. The first-order valence-electron chi connectivity index (χ1n) is 11.9. The number of hydrogen-bond donors (Lipinski definition) is 1. The number of carbonyl (C=O) groups is 1. The van der Waals surface area contributed by atoms with Gasteiger partial charge in [-0.15, -0.1) is 0 Å². The molecule has 0 fully saturated rings. The van der Waals surface area contributed by atoms with Crippen molar-refractivity contribution in [2.75, 3.05) is 25.5 Å². The highest BCUT2D eigenvalue weighted by Crippen LogP contribution is 2.09. The molecule has 0 saturated carbocycles. The van der Waals surface area contributed by atoms with Crippen LogP contribution < -0.4 is 5.32 Å². The fourth-order valence-electron chi connectivity index (χ4n) is 3.07. The van der Waals surface area contributed by atoms with E-state index in [1.807, 2.05) is 0 Å². The predicted octanol–water partition coefficient (Wildman–Crippen LogP) is 5.72. The molecule has 1 amide bonds. The van der Waals surface area contributed by atoms with E-state index in [2.05, 4.69) is 31.0 Å². The summed E-state index contributed by atoms with van der Waals surface area (Å²) >= 11 is 0. The van der Waals surface area contributed by atoms with Gasteiger partial charge in [-0.3, -0.25) is 4.79 Å². The Morgan fingerprint density at radius 2 is 1.43 bits per heavy atom. The summed E-state index contributed by atoms with van der Waals surface area (Å²) in [5.74, 6) is -0.0331. The molecule has 5 nitrogen and oxygen atoms in total. The van der Waals surface area contributed by atoms with E-state index in [0.29, 0.717) is 19.6 Å². The van der Waals surface area contributed by atoms with E-state index in [4.69, 9.17) is 4.74 Å². The zero-order chi connectivity index (χ0) is 22.3. The van der Waals surface area contributed by atoms with Crippen LogP contribution in [-0.4, -0.2) is 39.8 Å². The average molecular weight is 444 g/mol. The Labute approximate surface area is 185 Å². The molecule has 1 N–H and O–H groups in total. The van der Waals surface area contributed by atoms with Crippen molar-refractivity contribution in [3.05, 3.63) is 24.1 Å². The second kappa shape index (κ2) is 21.1. The van der Waals surface area contributed by atoms with Crippen LogP contribution >= 0.6 is 0 Å². The smallest absolute Gasteiger partial charge is 0.220 e. The molecule has 0 aliphatic rings. The van der Waals surface area contributed by atoms with Gasteiger partial charge >= 0.3 is 0 Å². The molecule has 30 heavy (non-hydrogen) atoms. The molecule has 6 heteroatoms. The fraction of sp³-hybridized carbons (Fsp3) is 0.792. The molecule has 0 spiro atoms. The average Bonchev–Trinajstić information content (AvgIpc) is 2.73. The molecule has 0 unspecified atom stereocenters. The highest BCUT2D eigenvalue weighted by atomic mass is 32.2. The third-order valence-corrected chi connectivity index (χ3v) is 6.24. The first-order chi connectivity index (χ1) is 14.5. The summed E-state index contributed by atoms with van der Waals surface area (Å²) in [6.45, 7) is 6.36. The van der Waals surface area contributed by atoms with E-state index in [1.54, 1.807) is 0 Å². The topological polar surface area (TPSA) is 72.5 Å². The van der Waals surface area contributed by atoms with Gasteiger partial charge in [0.1, 0.15) is 0 Å². The van der Waals surface area contributed by atoms with Gasteiger partial charge in [0.05, 0.1) is 19.0 Å². The molecule has 0 aromatic rings. The maximum absolute atomic E-state index is 11.7. The van der Waals surface area contributed by atoms with Gasteiger partial charge in [-0.25, -0.2) is 8.42 Å². The normalized spacial score (nSPS) is 11.8. The van der Waals surface area contributed by atoms with Crippen molar-refractivity contribution in [1.29, 1.82) is 0 Å². The van der Waals surface area contributed by atoms with Crippen LogP contribution in [-0.2, 0) is 19.4 Å². The second-order valence-corrected chi connectivity index (χ2v) is 9.90. The van der Waals surface area contributed by atoms with E-state index >= 15 is 0 Å². The molecule has 0 bridgehead atoms. The number of unbranched alkanes of at least 4 members (excludes halogenated alkanes) is 11. The molecular weight excluding hydrogens is 398 g/mol. The summed E-state index contributed by atoms with van der Waals surface area (Å²) in [5, 5.41) is 3.74. The van der Waals surface area contributed by atoms with Crippen LogP contribution in [0.3, 0.4) is 0 Å². The van der Waals surface area contributed by atoms with Crippen molar-refractivity contribution in [2.24, 2.45) is 0 Å². The minimum absolute atomic E-state index is 0.0370. The van der Waals surface area contributed by atoms with Crippen molar-refractivity contribution in [3.63, 3.8) is 0 Å². The summed E-state index contributed by atoms with van der Waals surface area (Å²) in [5.41, 5.74) is 0. The molecule has 0 aromatic carbocycles. The maximum Gasteiger partial charge on any atom is 0.220 e. The second-order valence-electron chi connectivity index (χ2n) is 7.83. The lowest BCUT2D eigenvalue weighted by molar-refractivity contribution is -0.121. The number of rotatable bonds is 22. The Bertz CT molecular complexity index is 543. The first kappa shape index (κ1) is 28.9. The summed E-state index contributed by atoms with van der Waals surface area (Å²) in [4.78, 5) is 11.7. The lowest BCUT2D eigenvalue weighted by Crippen LogP contribution is -2.27. The standard InChI is InChI=1S/C24H45NO4S/c1-3-5-6-7-8-9-10-11-12-13-14-15-16-17-18-19-24(26)25-20-21-29-22-23-30(27,28)4-2/h4,11-12H,2-3,5-10,13-23H2,1H3,(H,25,26)/b12-11+. The minimum atomic E-state index is -3.21. The van der Waals surface area contributed by atoms with E-state index in [0.717, 1.165) is 18.2 Å². The number of nitrogens with one attached hydrogen (secondary N) is 1. The molecule has 0 saturated heterocycles. The molecular formula is C24H45NO4S. The molecule has 0 aliphatic carbocycles. The van der Waals surface area contributed by atoms with E-state index in [-0.39, 0.29) is 18.3 Å². The predicted molar refractivity (Wildman–Crippen MR) is 127 cm³/mol. The lowest BCUT2D eigenvalue weighted by Gasteiger charge is -2.06. The van der Waals surface area contributed by atoms with Crippen molar-refractivity contribution in [3.8, 4) is 0 Å². The lowest BCUT2D eigenvalue weighted by atomic mass is 10.1. The summed E-state index contributed by atoms with van der Waals surface area (Å²) in [7, 11) is -3.21. The van der Waals surface area contributed by atoms with Gasteiger partial charge in [0.25, 0.3) is 0 Å². The van der Waals surface area contributed by atoms with Crippen LogP contribution in [0, 0.1) is 0 Å². The Morgan fingerprint density at radius 1 is 0.867 bits per heavy atom. The number of hydrogen-bond acceptors (Lipinski definition) is 4. The van der Waals surface area contributed by atoms with E-state index < -0.39 is 9.84 Å². The molecule has 0 atom stereocenters. The number of carbonyl (C=O) groups excluding carboxylic acids is 1. The highest BCUT2D eigenvalue weighted by molar-refractivity contribution is 7.94.